The maximum atomic E-state index is 13.2. The Kier molecular flexibility index (Phi) is 6.42. The molecule has 0 aromatic heterocycles. The molecule has 9 heteroatoms. The molecule has 1 aromatic rings. The van der Waals surface area contributed by atoms with E-state index in [2.05, 4.69) is 4.74 Å². The Bertz CT molecular complexity index is 615. The topological polar surface area (TPSA) is 76.1 Å². The normalized spacial score (nSPS) is 14.0. The van der Waals surface area contributed by atoms with Gasteiger partial charge in [-0.1, -0.05) is 12.1 Å². The number of alkyl halides is 3. The van der Waals surface area contributed by atoms with Gasteiger partial charge in [0, 0.05) is 17.8 Å². The summed E-state index contributed by atoms with van der Waals surface area (Å²) >= 11 is 0. The van der Waals surface area contributed by atoms with E-state index >= 15 is 0 Å². The number of carbonyl (C=O) groups is 2. The Morgan fingerprint density at radius 3 is 2.08 bits per heavy atom. The molecule has 6 nitrogen and oxygen atoms in total. The molecule has 1 rings (SSSR count). The van der Waals surface area contributed by atoms with Crippen LogP contribution in [-0.4, -0.2) is 43.1 Å². The number of anilines is 1. The second-order valence-electron chi connectivity index (χ2n) is 5.42. The van der Waals surface area contributed by atoms with E-state index in [4.69, 9.17) is 4.74 Å². The van der Waals surface area contributed by atoms with Gasteiger partial charge < -0.3 is 14.6 Å². The van der Waals surface area contributed by atoms with Crippen LogP contribution in [0, 0.1) is 0 Å². The Morgan fingerprint density at radius 2 is 1.72 bits per heavy atom. The molecule has 0 saturated carbocycles. The molecule has 1 amide bonds. The summed E-state index contributed by atoms with van der Waals surface area (Å²) in [6, 6.07) is 4.18. The first-order valence-electron chi connectivity index (χ1n) is 7.45. The van der Waals surface area contributed by atoms with Crippen LogP contribution in [-0.2, 0) is 19.9 Å². The summed E-state index contributed by atoms with van der Waals surface area (Å²) < 4.78 is 48.7. The quantitative estimate of drug-likeness (QED) is 0.814. The van der Waals surface area contributed by atoms with Crippen LogP contribution < -0.4 is 4.90 Å². The molecule has 25 heavy (non-hydrogen) atoms. The highest BCUT2D eigenvalue weighted by Crippen LogP contribution is 2.40. The van der Waals surface area contributed by atoms with E-state index in [9.17, 15) is 27.9 Å². The van der Waals surface area contributed by atoms with Gasteiger partial charge >= 0.3 is 18.2 Å². The molecule has 0 bridgehead atoms. The molecular weight excluding hydrogens is 343 g/mol. The Balaban J connectivity index is 3.23. The summed E-state index contributed by atoms with van der Waals surface area (Å²) in [4.78, 5) is 24.7. The van der Waals surface area contributed by atoms with Crippen LogP contribution in [0.3, 0.4) is 0 Å². The van der Waals surface area contributed by atoms with E-state index in [1.165, 1.54) is 17.0 Å². The van der Waals surface area contributed by atoms with Gasteiger partial charge in [-0.2, -0.15) is 13.2 Å². The number of esters is 1. The van der Waals surface area contributed by atoms with Gasteiger partial charge in [0.1, 0.15) is 0 Å². The monoisotopic (exact) mass is 363 g/mol. The number of halogens is 3. The zero-order valence-electron chi connectivity index (χ0n) is 14.3. The third kappa shape index (κ3) is 4.22. The van der Waals surface area contributed by atoms with E-state index in [0.717, 1.165) is 19.2 Å². The van der Waals surface area contributed by atoms with Crippen molar-refractivity contribution in [2.45, 2.75) is 38.7 Å². The Morgan fingerprint density at radius 1 is 1.20 bits per heavy atom. The first kappa shape index (κ1) is 20.8. The zero-order valence-corrected chi connectivity index (χ0v) is 14.3. The molecule has 0 aliphatic heterocycles. The van der Waals surface area contributed by atoms with Gasteiger partial charge in [-0.25, -0.2) is 9.59 Å². The fourth-order valence-electron chi connectivity index (χ4n) is 2.11. The standard InChI is InChI=1S/C16H20F3NO5/c1-5-20(14(22)25-10(2)3)12-8-6-11(7-9-12)15(23,13(21)24-4)16(17,18)19/h6-10,23H,5H2,1-4H3/t15-/m1/s1. The van der Waals surface area contributed by atoms with Crippen LogP contribution in [0.2, 0.25) is 0 Å². The van der Waals surface area contributed by atoms with Crippen molar-refractivity contribution in [2.75, 3.05) is 18.6 Å². The van der Waals surface area contributed by atoms with Crippen LogP contribution in [0.25, 0.3) is 0 Å². The maximum Gasteiger partial charge on any atom is 0.432 e. The lowest BCUT2D eigenvalue weighted by atomic mass is 9.93. The van der Waals surface area contributed by atoms with Gasteiger partial charge in [0.05, 0.1) is 13.2 Å². The minimum absolute atomic E-state index is 0.214. The number of methoxy groups -OCH3 is 1. The van der Waals surface area contributed by atoms with Crippen molar-refractivity contribution in [3.63, 3.8) is 0 Å². The van der Waals surface area contributed by atoms with Gasteiger partial charge in [0.25, 0.3) is 5.60 Å². The van der Waals surface area contributed by atoms with Crippen molar-refractivity contribution in [3.8, 4) is 0 Å². The molecule has 1 atom stereocenters. The molecule has 0 fully saturated rings. The molecule has 0 radical (unpaired) electrons. The van der Waals surface area contributed by atoms with Crippen molar-refractivity contribution in [1.29, 1.82) is 0 Å². The van der Waals surface area contributed by atoms with E-state index in [1.54, 1.807) is 20.8 Å². The second kappa shape index (κ2) is 7.73. The van der Waals surface area contributed by atoms with Crippen molar-refractivity contribution in [1.82, 2.24) is 0 Å². The number of aliphatic hydroxyl groups is 1. The van der Waals surface area contributed by atoms with E-state index in [-0.39, 0.29) is 18.3 Å². The third-order valence-corrected chi connectivity index (χ3v) is 3.36. The fourth-order valence-corrected chi connectivity index (χ4v) is 2.11. The van der Waals surface area contributed by atoms with Crippen LogP contribution in [0.4, 0.5) is 23.7 Å². The van der Waals surface area contributed by atoms with Gasteiger partial charge in [0.15, 0.2) is 0 Å². The number of hydrogen-bond donors (Lipinski definition) is 1. The lowest BCUT2D eigenvalue weighted by Crippen LogP contribution is -2.49. The van der Waals surface area contributed by atoms with Gasteiger partial charge in [-0.05, 0) is 32.9 Å². The van der Waals surface area contributed by atoms with Crippen molar-refractivity contribution >= 4 is 17.7 Å². The maximum absolute atomic E-state index is 13.2. The average Bonchev–Trinajstić information content (AvgIpc) is 2.52. The highest BCUT2D eigenvalue weighted by molar-refractivity contribution is 5.88. The number of benzene rings is 1. The van der Waals surface area contributed by atoms with Crippen molar-refractivity contribution < 1.29 is 37.3 Å². The minimum atomic E-state index is -5.28. The smallest absolute Gasteiger partial charge is 0.432 e. The predicted molar refractivity (Wildman–Crippen MR) is 83.0 cm³/mol. The van der Waals surface area contributed by atoms with E-state index < -0.39 is 29.4 Å². The lowest BCUT2D eigenvalue weighted by molar-refractivity contribution is -0.266. The molecule has 1 aromatic carbocycles. The van der Waals surface area contributed by atoms with Crippen LogP contribution in [0.1, 0.15) is 26.3 Å². The van der Waals surface area contributed by atoms with Crippen LogP contribution in [0.5, 0.6) is 0 Å². The second-order valence-corrected chi connectivity index (χ2v) is 5.42. The van der Waals surface area contributed by atoms with Gasteiger partial charge in [-0.15, -0.1) is 0 Å². The molecule has 140 valence electrons. The van der Waals surface area contributed by atoms with Gasteiger partial charge in [0.2, 0.25) is 0 Å². The number of hydrogen-bond acceptors (Lipinski definition) is 5. The fraction of sp³-hybridized carbons (Fsp3) is 0.500. The minimum Gasteiger partial charge on any atom is -0.466 e. The molecule has 0 aliphatic carbocycles. The molecule has 1 N–H and O–H groups in total. The number of nitrogens with zero attached hydrogens (tertiary/aromatic N) is 1. The van der Waals surface area contributed by atoms with Crippen LogP contribution >= 0.6 is 0 Å². The molecule has 0 spiro atoms. The van der Waals surface area contributed by atoms with Crippen LogP contribution in [0.15, 0.2) is 24.3 Å². The summed E-state index contributed by atoms with van der Waals surface area (Å²) in [6.45, 7) is 5.20. The third-order valence-electron chi connectivity index (χ3n) is 3.36. The SMILES string of the molecule is CCN(C(=O)OC(C)C)c1ccc([C@@](O)(C(=O)OC)C(F)(F)F)cc1. The number of rotatable bonds is 5. The summed E-state index contributed by atoms with van der Waals surface area (Å²) in [5.41, 5.74) is -4.26. The molecule has 0 heterocycles. The first-order valence-corrected chi connectivity index (χ1v) is 7.45. The molecule has 0 aliphatic rings. The number of amides is 1. The van der Waals surface area contributed by atoms with E-state index in [0.29, 0.717) is 0 Å². The lowest BCUT2D eigenvalue weighted by Gasteiger charge is -2.28. The highest BCUT2D eigenvalue weighted by Gasteiger charge is 2.62. The largest absolute Gasteiger partial charge is 0.466 e. The summed E-state index contributed by atoms with van der Waals surface area (Å²) in [7, 11) is 0.744. The summed E-state index contributed by atoms with van der Waals surface area (Å²) in [6.07, 6.45) is -6.30. The zero-order chi connectivity index (χ0) is 19.4. The summed E-state index contributed by atoms with van der Waals surface area (Å²) in [5.74, 6) is -1.85. The van der Waals surface area contributed by atoms with Crippen molar-refractivity contribution in [3.05, 3.63) is 29.8 Å². The molecule has 0 unspecified atom stereocenters. The Hall–Kier alpha value is -2.29. The first-order chi connectivity index (χ1) is 11.5. The molecular formula is C16H20F3NO5. The highest BCUT2D eigenvalue weighted by atomic mass is 19.4. The van der Waals surface area contributed by atoms with Gasteiger partial charge in [-0.3, -0.25) is 4.90 Å². The molecule has 0 saturated heterocycles. The number of carbonyl (C=O) groups excluding carboxylic acids is 2. The number of ether oxygens (including phenoxy) is 2. The Labute approximate surface area is 143 Å². The van der Waals surface area contributed by atoms with E-state index in [1.807, 2.05) is 0 Å². The summed E-state index contributed by atoms with van der Waals surface area (Å²) in [5, 5.41) is 9.90. The average molecular weight is 363 g/mol. The predicted octanol–water partition coefficient (Wildman–Crippen LogP) is 2.98. The van der Waals surface area contributed by atoms with Crippen molar-refractivity contribution in [2.24, 2.45) is 0 Å².